The maximum absolute atomic E-state index is 11.0. The molecule has 0 aliphatic heterocycles. The van der Waals surface area contributed by atoms with Crippen LogP contribution in [-0.4, -0.2) is 21.3 Å². The van der Waals surface area contributed by atoms with Gasteiger partial charge >= 0.3 is 0 Å². The number of nitrogens with zero attached hydrogens (tertiary/aromatic N) is 1. The molecular weight excluding hydrogens is 198 g/mol. The number of H-pyrrole nitrogens is 1. The first-order chi connectivity index (χ1) is 6.75. The molecule has 1 aliphatic rings. The Balaban J connectivity index is 2.07. The fraction of sp³-hybridized carbons (Fsp3) is 0.556. The van der Waals surface area contributed by atoms with Crippen LogP contribution in [-0.2, 0) is 0 Å². The highest BCUT2D eigenvalue weighted by atomic mass is 32.2. The number of nitrogens with one attached hydrogen (secondary N) is 1. The Labute approximate surface area is 86.3 Å². The van der Waals surface area contributed by atoms with E-state index < -0.39 is 0 Å². The van der Waals surface area contributed by atoms with E-state index in [-0.39, 0.29) is 11.6 Å². The fourth-order valence-electron chi connectivity index (χ4n) is 1.66. The molecule has 2 unspecified atom stereocenters. The van der Waals surface area contributed by atoms with E-state index in [0.717, 1.165) is 12.8 Å². The molecule has 1 heterocycles. The monoisotopic (exact) mass is 211 g/mol. The summed E-state index contributed by atoms with van der Waals surface area (Å²) in [5.41, 5.74) is 5.82. The van der Waals surface area contributed by atoms with Gasteiger partial charge in [-0.3, -0.25) is 4.79 Å². The van der Waals surface area contributed by atoms with Crippen molar-refractivity contribution in [1.29, 1.82) is 0 Å². The van der Waals surface area contributed by atoms with Crippen molar-refractivity contribution in [3.63, 3.8) is 0 Å². The van der Waals surface area contributed by atoms with Crippen molar-refractivity contribution in [1.82, 2.24) is 9.97 Å². The van der Waals surface area contributed by atoms with Gasteiger partial charge in [0.1, 0.15) is 0 Å². The summed E-state index contributed by atoms with van der Waals surface area (Å²) >= 11 is 1.58. The third-order valence-electron chi connectivity index (χ3n) is 2.41. The third kappa shape index (κ3) is 2.16. The lowest BCUT2D eigenvalue weighted by atomic mass is 10.3. The normalized spacial score (nSPS) is 26.6. The largest absolute Gasteiger partial charge is 0.327 e. The first-order valence-corrected chi connectivity index (χ1v) is 5.61. The van der Waals surface area contributed by atoms with Crippen molar-refractivity contribution in [2.75, 3.05) is 0 Å². The van der Waals surface area contributed by atoms with Crippen LogP contribution in [0.25, 0.3) is 0 Å². The minimum Gasteiger partial charge on any atom is -0.327 e. The average molecular weight is 211 g/mol. The predicted molar refractivity (Wildman–Crippen MR) is 56.3 cm³/mol. The molecule has 1 fully saturated rings. The lowest BCUT2D eigenvalue weighted by Crippen LogP contribution is -2.26. The SMILES string of the molecule is NC1CCCC1Sc1nccc(=O)[nH]1. The van der Waals surface area contributed by atoms with Crippen molar-refractivity contribution >= 4 is 11.8 Å². The first kappa shape index (κ1) is 9.73. The number of thioether (sulfide) groups is 1. The smallest absolute Gasteiger partial charge is 0.251 e. The predicted octanol–water partition coefficient (Wildman–Crippen LogP) is 0.742. The zero-order valence-electron chi connectivity index (χ0n) is 7.77. The lowest BCUT2D eigenvalue weighted by Gasteiger charge is -2.12. The molecule has 1 saturated carbocycles. The van der Waals surface area contributed by atoms with E-state index in [4.69, 9.17) is 5.73 Å². The second-order valence-corrected chi connectivity index (χ2v) is 4.72. The van der Waals surface area contributed by atoms with E-state index in [2.05, 4.69) is 9.97 Å². The summed E-state index contributed by atoms with van der Waals surface area (Å²) in [5, 5.41) is 1.08. The van der Waals surface area contributed by atoms with Gasteiger partial charge in [0.15, 0.2) is 5.16 Å². The van der Waals surface area contributed by atoms with Crippen LogP contribution in [0.3, 0.4) is 0 Å². The van der Waals surface area contributed by atoms with Crippen LogP contribution in [0.5, 0.6) is 0 Å². The van der Waals surface area contributed by atoms with Crippen molar-refractivity contribution < 1.29 is 0 Å². The van der Waals surface area contributed by atoms with Crippen molar-refractivity contribution in [2.24, 2.45) is 5.73 Å². The van der Waals surface area contributed by atoms with Gasteiger partial charge < -0.3 is 10.7 Å². The number of hydrogen-bond donors (Lipinski definition) is 2. The maximum atomic E-state index is 11.0. The van der Waals surface area contributed by atoms with Gasteiger partial charge in [-0.25, -0.2) is 4.98 Å². The van der Waals surface area contributed by atoms with Crippen LogP contribution < -0.4 is 11.3 Å². The zero-order valence-corrected chi connectivity index (χ0v) is 8.59. The van der Waals surface area contributed by atoms with Gasteiger partial charge in [0.2, 0.25) is 0 Å². The molecule has 1 aromatic rings. The fourth-order valence-corrected chi connectivity index (χ4v) is 2.82. The molecule has 0 amide bonds. The van der Waals surface area contributed by atoms with Crippen molar-refractivity contribution in [3.05, 3.63) is 22.6 Å². The Kier molecular flexibility index (Phi) is 2.88. The highest BCUT2D eigenvalue weighted by molar-refractivity contribution is 7.99. The van der Waals surface area contributed by atoms with Crippen molar-refractivity contribution in [2.45, 2.75) is 35.7 Å². The summed E-state index contributed by atoms with van der Waals surface area (Å²) in [6, 6.07) is 1.66. The van der Waals surface area contributed by atoms with E-state index in [1.165, 1.54) is 18.7 Å². The van der Waals surface area contributed by atoms with Gasteiger partial charge in [0.05, 0.1) is 0 Å². The zero-order chi connectivity index (χ0) is 9.97. The Morgan fingerprint density at radius 3 is 3.07 bits per heavy atom. The molecule has 0 bridgehead atoms. The molecule has 2 rings (SSSR count). The van der Waals surface area contributed by atoms with E-state index in [0.29, 0.717) is 10.4 Å². The summed E-state index contributed by atoms with van der Waals surface area (Å²) in [5.74, 6) is 0. The maximum Gasteiger partial charge on any atom is 0.251 e. The average Bonchev–Trinajstić information content (AvgIpc) is 2.52. The summed E-state index contributed by atoms with van der Waals surface area (Å²) in [4.78, 5) is 17.8. The number of aromatic amines is 1. The topological polar surface area (TPSA) is 71.8 Å². The quantitative estimate of drug-likeness (QED) is 0.708. The summed E-state index contributed by atoms with van der Waals surface area (Å²) in [7, 11) is 0. The van der Waals surface area contributed by atoms with E-state index in [9.17, 15) is 4.79 Å². The Morgan fingerprint density at radius 1 is 1.57 bits per heavy atom. The third-order valence-corrected chi connectivity index (χ3v) is 3.73. The summed E-state index contributed by atoms with van der Waals surface area (Å²) < 4.78 is 0. The van der Waals surface area contributed by atoms with E-state index in [1.807, 2.05) is 0 Å². The van der Waals surface area contributed by atoms with Crippen LogP contribution >= 0.6 is 11.8 Å². The highest BCUT2D eigenvalue weighted by Gasteiger charge is 2.25. The summed E-state index contributed by atoms with van der Waals surface area (Å²) in [6.07, 6.45) is 4.90. The van der Waals surface area contributed by atoms with E-state index >= 15 is 0 Å². The molecule has 2 atom stereocenters. The molecule has 1 aliphatic carbocycles. The van der Waals surface area contributed by atoms with E-state index in [1.54, 1.807) is 11.8 Å². The van der Waals surface area contributed by atoms with Gasteiger partial charge in [-0.05, 0) is 12.8 Å². The number of nitrogens with two attached hydrogens (primary N) is 1. The molecular formula is C9H13N3OS. The minimum atomic E-state index is -0.103. The van der Waals surface area contributed by atoms with Crippen LogP contribution in [0.4, 0.5) is 0 Å². The first-order valence-electron chi connectivity index (χ1n) is 4.73. The van der Waals surface area contributed by atoms with Crippen LogP contribution in [0.15, 0.2) is 22.2 Å². The minimum absolute atomic E-state index is 0.103. The molecule has 0 aromatic carbocycles. The van der Waals surface area contributed by atoms with Gasteiger partial charge in [0.25, 0.3) is 5.56 Å². The lowest BCUT2D eigenvalue weighted by molar-refractivity contribution is 0.713. The Hall–Kier alpha value is -0.810. The molecule has 0 saturated heterocycles. The van der Waals surface area contributed by atoms with Crippen LogP contribution in [0.2, 0.25) is 0 Å². The number of aromatic nitrogens is 2. The highest BCUT2D eigenvalue weighted by Crippen LogP contribution is 2.31. The van der Waals surface area contributed by atoms with Crippen LogP contribution in [0, 0.1) is 0 Å². The number of rotatable bonds is 2. The van der Waals surface area contributed by atoms with Crippen LogP contribution in [0.1, 0.15) is 19.3 Å². The van der Waals surface area contributed by atoms with Gasteiger partial charge in [-0.1, -0.05) is 18.2 Å². The molecule has 5 heteroatoms. The Morgan fingerprint density at radius 2 is 2.43 bits per heavy atom. The molecule has 4 nitrogen and oxygen atoms in total. The second-order valence-electron chi connectivity index (χ2n) is 3.49. The second kappa shape index (κ2) is 4.14. The molecule has 14 heavy (non-hydrogen) atoms. The van der Waals surface area contributed by atoms with Gasteiger partial charge in [0, 0.05) is 23.6 Å². The van der Waals surface area contributed by atoms with Gasteiger partial charge in [-0.15, -0.1) is 0 Å². The molecule has 0 radical (unpaired) electrons. The molecule has 3 N–H and O–H groups in total. The molecule has 0 spiro atoms. The van der Waals surface area contributed by atoms with Gasteiger partial charge in [-0.2, -0.15) is 0 Å². The molecule has 76 valence electrons. The Bertz CT molecular complexity index is 365. The standard InChI is InChI=1S/C9H13N3OS/c10-6-2-1-3-7(6)14-9-11-5-4-8(13)12-9/h4-7H,1-3,10H2,(H,11,12,13). The van der Waals surface area contributed by atoms with Crippen molar-refractivity contribution in [3.8, 4) is 0 Å². The molecule has 1 aromatic heterocycles. The summed E-state index contributed by atoms with van der Waals surface area (Å²) in [6.45, 7) is 0. The number of hydrogen-bond acceptors (Lipinski definition) is 4.